The molecule has 0 spiro atoms. The Morgan fingerprint density at radius 2 is 1.83 bits per heavy atom. The molecule has 1 aliphatic carbocycles. The largest absolute Gasteiger partial charge is 0.349 e. The van der Waals surface area contributed by atoms with Gasteiger partial charge in [0.1, 0.15) is 5.82 Å². The van der Waals surface area contributed by atoms with E-state index >= 15 is 0 Å². The van der Waals surface area contributed by atoms with Crippen molar-refractivity contribution < 1.29 is 14.4 Å². The first-order valence-electron chi connectivity index (χ1n) is 9.20. The summed E-state index contributed by atoms with van der Waals surface area (Å²) in [7, 11) is 1.67. The van der Waals surface area contributed by atoms with Crippen LogP contribution >= 0.6 is 15.9 Å². The minimum Gasteiger partial charge on any atom is -0.349 e. The highest BCUT2D eigenvalue weighted by molar-refractivity contribution is 9.10. The van der Waals surface area contributed by atoms with Crippen LogP contribution in [0.25, 0.3) is 0 Å². The first-order chi connectivity index (χ1) is 13.9. The fraction of sp³-hybridized carbons (Fsp3) is 0.300. The van der Waals surface area contributed by atoms with Gasteiger partial charge in [-0.1, -0.05) is 6.07 Å². The van der Waals surface area contributed by atoms with Gasteiger partial charge in [0, 0.05) is 28.0 Å². The van der Waals surface area contributed by atoms with E-state index in [1.165, 1.54) is 0 Å². The minimum absolute atomic E-state index is 0.0275. The predicted octanol–water partition coefficient (Wildman–Crippen LogP) is 2.25. The molecule has 1 fully saturated rings. The molecule has 1 aliphatic rings. The molecule has 3 N–H and O–H groups in total. The van der Waals surface area contributed by atoms with Crippen LogP contribution < -0.4 is 16.0 Å². The van der Waals surface area contributed by atoms with Gasteiger partial charge in [-0.25, -0.2) is 4.98 Å². The normalized spacial score (nSPS) is 13.1. The van der Waals surface area contributed by atoms with Crippen LogP contribution in [-0.4, -0.2) is 53.8 Å². The smallest absolute Gasteiger partial charge is 0.251 e. The summed E-state index contributed by atoms with van der Waals surface area (Å²) in [5.41, 5.74) is 1.04. The number of aromatic nitrogens is 1. The molecular weight excluding hydrogens is 438 g/mol. The molecular formula is C20H22BrN5O3. The van der Waals surface area contributed by atoms with Crippen LogP contribution in [0.2, 0.25) is 0 Å². The number of amides is 3. The van der Waals surface area contributed by atoms with E-state index in [9.17, 15) is 14.4 Å². The second-order valence-electron chi connectivity index (χ2n) is 6.96. The summed E-state index contributed by atoms with van der Waals surface area (Å²) in [5.74, 6) is -0.244. The quantitative estimate of drug-likeness (QED) is 0.561. The number of pyridine rings is 1. The highest BCUT2D eigenvalue weighted by Gasteiger charge is 2.23. The van der Waals surface area contributed by atoms with Crippen molar-refractivity contribution >= 4 is 45.2 Å². The van der Waals surface area contributed by atoms with Gasteiger partial charge in [-0.05, 0) is 66.2 Å². The van der Waals surface area contributed by atoms with Crippen molar-refractivity contribution in [2.45, 2.75) is 18.9 Å². The van der Waals surface area contributed by atoms with Gasteiger partial charge >= 0.3 is 0 Å². The van der Waals surface area contributed by atoms with Crippen LogP contribution in [0, 0.1) is 0 Å². The summed E-state index contributed by atoms with van der Waals surface area (Å²) in [6, 6.07) is 10.5. The van der Waals surface area contributed by atoms with Gasteiger partial charge in [-0.2, -0.15) is 0 Å². The van der Waals surface area contributed by atoms with E-state index in [4.69, 9.17) is 0 Å². The van der Waals surface area contributed by atoms with E-state index in [-0.39, 0.29) is 36.9 Å². The molecule has 152 valence electrons. The first kappa shape index (κ1) is 20.9. The summed E-state index contributed by atoms with van der Waals surface area (Å²) in [5, 5.41) is 8.35. The Bertz CT molecular complexity index is 899. The number of carbonyl (C=O) groups is 3. The molecule has 8 nitrogen and oxygen atoms in total. The SMILES string of the molecule is CN(CC(=O)Nc1cccc(C(=O)NC2CC2)c1)CC(=O)Nc1ccc(Br)cn1. The van der Waals surface area contributed by atoms with E-state index in [0.29, 0.717) is 17.1 Å². The molecule has 0 radical (unpaired) electrons. The molecule has 1 heterocycles. The molecule has 0 atom stereocenters. The molecule has 1 saturated carbocycles. The van der Waals surface area contributed by atoms with Crippen LogP contribution in [0.15, 0.2) is 47.1 Å². The molecule has 0 aliphatic heterocycles. The van der Waals surface area contributed by atoms with Crippen LogP contribution in [0.5, 0.6) is 0 Å². The third kappa shape index (κ3) is 6.95. The zero-order valence-electron chi connectivity index (χ0n) is 15.9. The van der Waals surface area contributed by atoms with E-state index in [0.717, 1.165) is 17.3 Å². The van der Waals surface area contributed by atoms with Gasteiger partial charge in [-0.15, -0.1) is 0 Å². The van der Waals surface area contributed by atoms with E-state index in [1.54, 1.807) is 54.5 Å². The third-order valence-electron chi connectivity index (χ3n) is 4.14. The highest BCUT2D eigenvalue weighted by Crippen LogP contribution is 2.20. The Hall–Kier alpha value is -2.78. The Morgan fingerprint density at radius 3 is 2.48 bits per heavy atom. The van der Waals surface area contributed by atoms with Crippen LogP contribution in [0.3, 0.4) is 0 Å². The number of likely N-dealkylation sites (N-methyl/N-ethyl adjacent to an activating group) is 1. The number of nitrogens with one attached hydrogen (secondary N) is 3. The second-order valence-corrected chi connectivity index (χ2v) is 7.87. The van der Waals surface area contributed by atoms with E-state index < -0.39 is 0 Å². The Kier molecular flexibility index (Phi) is 6.95. The number of anilines is 2. The Morgan fingerprint density at radius 1 is 1.10 bits per heavy atom. The van der Waals surface area contributed by atoms with Gasteiger partial charge in [0.25, 0.3) is 5.91 Å². The van der Waals surface area contributed by atoms with Gasteiger partial charge in [0.05, 0.1) is 13.1 Å². The fourth-order valence-corrected chi connectivity index (χ4v) is 2.85. The van der Waals surface area contributed by atoms with Crippen molar-refractivity contribution in [1.29, 1.82) is 0 Å². The van der Waals surface area contributed by atoms with Gasteiger partial charge < -0.3 is 16.0 Å². The summed E-state index contributed by atoms with van der Waals surface area (Å²) in [6.45, 7) is 0.0642. The van der Waals surface area contributed by atoms with E-state index in [2.05, 4.69) is 36.9 Å². The summed E-state index contributed by atoms with van der Waals surface area (Å²) >= 11 is 3.28. The minimum atomic E-state index is -0.276. The summed E-state index contributed by atoms with van der Waals surface area (Å²) < 4.78 is 0.818. The number of hydrogen-bond acceptors (Lipinski definition) is 5. The maximum Gasteiger partial charge on any atom is 0.251 e. The van der Waals surface area contributed by atoms with Gasteiger partial charge in [0.15, 0.2) is 0 Å². The van der Waals surface area contributed by atoms with Crippen LogP contribution in [0.4, 0.5) is 11.5 Å². The number of nitrogens with zero attached hydrogens (tertiary/aromatic N) is 2. The molecule has 3 amide bonds. The lowest BCUT2D eigenvalue weighted by atomic mass is 10.2. The van der Waals surface area contributed by atoms with Crippen molar-refractivity contribution in [3.63, 3.8) is 0 Å². The highest BCUT2D eigenvalue weighted by atomic mass is 79.9. The Balaban J connectivity index is 1.46. The molecule has 0 unspecified atom stereocenters. The number of carbonyl (C=O) groups excluding carboxylic acids is 3. The van der Waals surface area contributed by atoms with Gasteiger partial charge in [-0.3, -0.25) is 19.3 Å². The lowest BCUT2D eigenvalue weighted by molar-refractivity contribution is -0.119. The second kappa shape index (κ2) is 9.62. The van der Waals surface area contributed by atoms with Crippen molar-refractivity contribution in [3.05, 3.63) is 52.6 Å². The molecule has 29 heavy (non-hydrogen) atoms. The van der Waals surface area contributed by atoms with Crippen molar-refractivity contribution in [2.24, 2.45) is 0 Å². The Labute approximate surface area is 177 Å². The summed E-state index contributed by atoms with van der Waals surface area (Å²) in [6.07, 6.45) is 3.62. The average Bonchev–Trinajstić information content (AvgIpc) is 3.47. The summed E-state index contributed by atoms with van der Waals surface area (Å²) in [4.78, 5) is 42.1. The monoisotopic (exact) mass is 459 g/mol. The van der Waals surface area contributed by atoms with Gasteiger partial charge in [0.2, 0.25) is 11.8 Å². The molecule has 3 rings (SSSR count). The number of hydrogen-bond donors (Lipinski definition) is 3. The maximum atomic E-state index is 12.3. The standard InChI is InChI=1S/C20H22BrN5O3/c1-26(12-19(28)25-17-8-5-14(21)10-22-17)11-18(27)23-16-4-2-3-13(9-16)20(29)24-15-6-7-15/h2-5,8-10,15H,6-7,11-12H2,1H3,(H,23,27)(H,24,29)(H,22,25,28). The molecule has 1 aromatic carbocycles. The number of halogens is 1. The lowest BCUT2D eigenvalue weighted by Gasteiger charge is -2.16. The number of benzene rings is 1. The zero-order chi connectivity index (χ0) is 20.8. The third-order valence-corrected chi connectivity index (χ3v) is 4.61. The molecule has 0 bridgehead atoms. The zero-order valence-corrected chi connectivity index (χ0v) is 17.5. The number of rotatable bonds is 8. The predicted molar refractivity (Wildman–Crippen MR) is 114 cm³/mol. The van der Waals surface area contributed by atoms with Crippen LogP contribution in [0.1, 0.15) is 23.2 Å². The molecule has 1 aromatic heterocycles. The average molecular weight is 460 g/mol. The maximum absolute atomic E-state index is 12.3. The van der Waals surface area contributed by atoms with Crippen molar-refractivity contribution in [2.75, 3.05) is 30.8 Å². The molecule has 9 heteroatoms. The van der Waals surface area contributed by atoms with Crippen molar-refractivity contribution in [1.82, 2.24) is 15.2 Å². The molecule has 0 saturated heterocycles. The topological polar surface area (TPSA) is 103 Å². The lowest BCUT2D eigenvalue weighted by Crippen LogP contribution is -2.36. The van der Waals surface area contributed by atoms with Crippen molar-refractivity contribution in [3.8, 4) is 0 Å². The first-order valence-corrected chi connectivity index (χ1v) is 9.99. The molecule has 2 aromatic rings. The van der Waals surface area contributed by atoms with Crippen LogP contribution in [-0.2, 0) is 9.59 Å². The van der Waals surface area contributed by atoms with E-state index in [1.807, 2.05) is 0 Å². The fourth-order valence-electron chi connectivity index (χ4n) is 2.61.